The van der Waals surface area contributed by atoms with Gasteiger partial charge in [0.15, 0.2) is 11.4 Å². The van der Waals surface area contributed by atoms with E-state index in [1.165, 1.54) is 42.7 Å². The lowest BCUT2D eigenvalue weighted by Crippen LogP contribution is -2.12. The van der Waals surface area contributed by atoms with E-state index in [9.17, 15) is 14.3 Å². The van der Waals surface area contributed by atoms with Gasteiger partial charge in [0.05, 0.1) is 11.1 Å². The minimum Gasteiger partial charge on any atom is -0.508 e. The number of carbonyl (C=O) groups is 1. The number of hydrogen-bond donors (Lipinski definition) is 3. The smallest absolute Gasteiger partial charge is 0.255 e. The van der Waals surface area contributed by atoms with Crippen LogP contribution in [0.5, 0.6) is 17.2 Å². The summed E-state index contributed by atoms with van der Waals surface area (Å²) >= 11 is 0. The normalized spacial score (nSPS) is 10.9. The van der Waals surface area contributed by atoms with Crippen molar-refractivity contribution in [2.75, 3.05) is 10.6 Å². The quantitative estimate of drug-likeness (QED) is 0.222. The molecule has 8 nitrogen and oxygen atoms in total. The fourth-order valence-corrected chi connectivity index (χ4v) is 3.74. The van der Waals surface area contributed by atoms with Gasteiger partial charge in [0.2, 0.25) is 0 Å². The number of halogens is 1. The summed E-state index contributed by atoms with van der Waals surface area (Å²) in [7, 11) is 0. The second-order valence-electron chi connectivity index (χ2n) is 8.88. The van der Waals surface area contributed by atoms with Gasteiger partial charge in [-0.1, -0.05) is 13.8 Å². The number of benzene rings is 3. The van der Waals surface area contributed by atoms with Gasteiger partial charge in [-0.25, -0.2) is 19.3 Å². The number of ether oxygens (including phenoxy) is 1. The van der Waals surface area contributed by atoms with Gasteiger partial charge in [0.1, 0.15) is 29.5 Å². The van der Waals surface area contributed by atoms with Crippen LogP contribution in [0.1, 0.15) is 35.8 Å². The average Bonchev–Trinajstić information content (AvgIpc) is 2.92. The molecule has 38 heavy (non-hydrogen) atoms. The molecule has 0 aliphatic carbocycles. The number of carbonyl (C=O) groups excluding carboxylic acids is 1. The van der Waals surface area contributed by atoms with E-state index < -0.39 is 5.82 Å². The van der Waals surface area contributed by atoms with Crippen molar-refractivity contribution in [3.05, 3.63) is 102 Å². The lowest BCUT2D eigenvalue weighted by Gasteiger charge is -2.16. The maximum Gasteiger partial charge on any atom is 0.255 e. The Balaban J connectivity index is 1.51. The van der Waals surface area contributed by atoms with E-state index in [-0.39, 0.29) is 17.6 Å². The van der Waals surface area contributed by atoms with E-state index in [4.69, 9.17) is 4.74 Å². The highest BCUT2D eigenvalue weighted by atomic mass is 19.1. The molecule has 3 N–H and O–H groups in total. The molecular weight excluding hydrogens is 485 g/mol. The van der Waals surface area contributed by atoms with Crippen LogP contribution in [0.15, 0.2) is 85.2 Å². The molecule has 2 aromatic heterocycles. The summed E-state index contributed by atoms with van der Waals surface area (Å²) < 4.78 is 19.3. The van der Waals surface area contributed by atoms with Crippen LogP contribution in [0.3, 0.4) is 0 Å². The van der Waals surface area contributed by atoms with Crippen LogP contribution in [-0.2, 0) is 0 Å². The maximum absolute atomic E-state index is 13.3. The van der Waals surface area contributed by atoms with Crippen molar-refractivity contribution in [2.24, 2.45) is 0 Å². The van der Waals surface area contributed by atoms with Crippen molar-refractivity contribution in [1.82, 2.24) is 15.0 Å². The molecular formula is C29H24FN5O3. The number of phenolic OH excluding ortho intramolecular Hbond substituents is 1. The number of aromatic nitrogens is 3. The van der Waals surface area contributed by atoms with Crippen LogP contribution in [0.2, 0.25) is 0 Å². The van der Waals surface area contributed by atoms with Gasteiger partial charge < -0.3 is 20.5 Å². The molecule has 0 saturated carbocycles. The number of anilines is 3. The lowest BCUT2D eigenvalue weighted by molar-refractivity contribution is 0.102. The lowest BCUT2D eigenvalue weighted by atomic mass is 10.1. The molecule has 0 saturated heterocycles. The van der Waals surface area contributed by atoms with Crippen LogP contribution < -0.4 is 15.4 Å². The monoisotopic (exact) mass is 509 g/mol. The standard InChI is InChI=1S/C29H24FN5O3/c1-17(2)24-13-12-23-27(34-24)31-16-32-28(23)35-25-15-18(29(37)33-20-6-4-19(30)5-7-20)3-14-26(25)38-22-10-8-21(36)9-11-22/h3-17,36H,1-2H3,(H,33,37)(H,31,32,34,35). The number of aromatic hydroxyl groups is 1. The summed E-state index contributed by atoms with van der Waals surface area (Å²) in [5.74, 6) is 0.989. The number of amides is 1. The number of nitrogens with one attached hydrogen (secondary N) is 2. The first-order chi connectivity index (χ1) is 18.4. The highest BCUT2D eigenvalue weighted by molar-refractivity contribution is 6.05. The van der Waals surface area contributed by atoms with Gasteiger partial charge in [0.25, 0.3) is 5.91 Å². The van der Waals surface area contributed by atoms with E-state index in [2.05, 4.69) is 39.4 Å². The maximum atomic E-state index is 13.3. The minimum absolute atomic E-state index is 0.115. The Kier molecular flexibility index (Phi) is 6.82. The second-order valence-corrected chi connectivity index (χ2v) is 8.88. The molecule has 0 spiro atoms. The number of rotatable bonds is 7. The predicted molar refractivity (Wildman–Crippen MR) is 144 cm³/mol. The van der Waals surface area contributed by atoms with E-state index in [0.717, 1.165) is 5.69 Å². The molecule has 5 aromatic rings. The Morgan fingerprint density at radius 3 is 2.45 bits per heavy atom. The van der Waals surface area contributed by atoms with Crippen LogP contribution in [-0.4, -0.2) is 26.0 Å². The van der Waals surface area contributed by atoms with Crippen LogP contribution >= 0.6 is 0 Å². The third kappa shape index (κ3) is 5.52. The summed E-state index contributed by atoms with van der Waals surface area (Å²) in [6, 6.07) is 20.6. The summed E-state index contributed by atoms with van der Waals surface area (Å²) in [5.41, 5.74) is 2.73. The summed E-state index contributed by atoms with van der Waals surface area (Å²) in [4.78, 5) is 26.3. The zero-order valence-corrected chi connectivity index (χ0v) is 20.6. The first-order valence-electron chi connectivity index (χ1n) is 11.9. The topological polar surface area (TPSA) is 109 Å². The molecule has 5 rings (SSSR count). The van der Waals surface area contributed by atoms with Gasteiger partial charge >= 0.3 is 0 Å². The number of phenols is 1. The van der Waals surface area contributed by atoms with Crippen LogP contribution in [0.25, 0.3) is 11.0 Å². The fourth-order valence-electron chi connectivity index (χ4n) is 3.74. The van der Waals surface area contributed by atoms with Crippen molar-refractivity contribution < 1.29 is 19.0 Å². The molecule has 0 atom stereocenters. The Morgan fingerprint density at radius 1 is 0.947 bits per heavy atom. The zero-order chi connectivity index (χ0) is 26.6. The molecule has 0 bridgehead atoms. The molecule has 2 heterocycles. The summed E-state index contributed by atoms with van der Waals surface area (Å²) in [5, 5.41) is 16.3. The molecule has 0 unspecified atom stereocenters. The highest BCUT2D eigenvalue weighted by Gasteiger charge is 2.15. The number of hydrogen-bond acceptors (Lipinski definition) is 7. The first-order valence-corrected chi connectivity index (χ1v) is 11.9. The Morgan fingerprint density at radius 2 is 1.71 bits per heavy atom. The fraction of sp³-hybridized carbons (Fsp3) is 0.103. The van der Waals surface area contributed by atoms with Crippen LogP contribution in [0, 0.1) is 5.82 Å². The van der Waals surface area contributed by atoms with Gasteiger partial charge in [-0.2, -0.15) is 0 Å². The van der Waals surface area contributed by atoms with Gasteiger partial charge in [-0.15, -0.1) is 0 Å². The largest absolute Gasteiger partial charge is 0.508 e. The molecule has 9 heteroatoms. The van der Waals surface area contributed by atoms with Crippen molar-refractivity contribution >= 4 is 34.1 Å². The van der Waals surface area contributed by atoms with Gasteiger partial charge in [-0.3, -0.25) is 4.79 Å². The summed E-state index contributed by atoms with van der Waals surface area (Å²) in [6.07, 6.45) is 1.42. The number of nitrogens with zero attached hydrogens (tertiary/aromatic N) is 3. The third-order valence-electron chi connectivity index (χ3n) is 5.77. The van der Waals surface area contributed by atoms with E-state index >= 15 is 0 Å². The number of fused-ring (bicyclic) bond motifs is 1. The SMILES string of the molecule is CC(C)c1ccc2c(Nc3cc(C(=O)Nc4ccc(F)cc4)ccc3Oc3ccc(O)cc3)ncnc2n1. The Bertz CT molecular complexity index is 1610. The average molecular weight is 510 g/mol. The van der Waals surface area contributed by atoms with E-state index in [1.54, 1.807) is 30.3 Å². The predicted octanol–water partition coefficient (Wildman–Crippen LogP) is 6.78. The van der Waals surface area contributed by atoms with Crippen molar-refractivity contribution in [3.63, 3.8) is 0 Å². The first kappa shape index (κ1) is 24.6. The summed E-state index contributed by atoms with van der Waals surface area (Å²) in [6.45, 7) is 4.12. The molecule has 190 valence electrons. The second kappa shape index (κ2) is 10.5. The van der Waals surface area contributed by atoms with E-state index in [0.29, 0.717) is 45.3 Å². The molecule has 0 fully saturated rings. The van der Waals surface area contributed by atoms with Crippen molar-refractivity contribution in [1.29, 1.82) is 0 Å². The highest BCUT2D eigenvalue weighted by Crippen LogP contribution is 2.34. The molecule has 1 amide bonds. The third-order valence-corrected chi connectivity index (χ3v) is 5.77. The zero-order valence-electron chi connectivity index (χ0n) is 20.6. The Labute approximate surface area is 218 Å². The minimum atomic E-state index is -0.391. The molecule has 0 radical (unpaired) electrons. The molecule has 3 aromatic carbocycles. The van der Waals surface area contributed by atoms with Crippen molar-refractivity contribution in [3.8, 4) is 17.2 Å². The van der Waals surface area contributed by atoms with Crippen molar-refractivity contribution in [2.45, 2.75) is 19.8 Å². The Hall–Kier alpha value is -5.05. The number of pyridine rings is 1. The van der Waals surface area contributed by atoms with E-state index in [1.807, 2.05) is 12.1 Å². The molecule has 0 aliphatic rings. The van der Waals surface area contributed by atoms with Gasteiger partial charge in [0, 0.05) is 16.9 Å². The van der Waals surface area contributed by atoms with Gasteiger partial charge in [-0.05, 0) is 84.8 Å². The molecule has 0 aliphatic heterocycles. The van der Waals surface area contributed by atoms with Crippen LogP contribution in [0.4, 0.5) is 21.6 Å².